The lowest BCUT2D eigenvalue weighted by molar-refractivity contribution is 0.0919. The van der Waals surface area contributed by atoms with Crippen LogP contribution in [0.1, 0.15) is 10.5 Å². The minimum absolute atomic E-state index is 0.0669. The highest BCUT2D eigenvalue weighted by Crippen LogP contribution is 2.01. The van der Waals surface area contributed by atoms with Crippen LogP contribution in [0.25, 0.3) is 0 Å². The number of hydrogen-bond acceptors (Lipinski definition) is 4. The lowest BCUT2D eigenvalue weighted by Gasteiger charge is -2.27. The molecule has 12 heavy (non-hydrogen) atoms. The zero-order valence-electron chi connectivity index (χ0n) is 6.41. The number of rotatable bonds is 2. The van der Waals surface area contributed by atoms with Gasteiger partial charge >= 0.3 is 0 Å². The molecule has 0 unspecified atom stereocenters. The van der Waals surface area contributed by atoms with E-state index >= 15 is 0 Å². The first-order valence-corrected chi connectivity index (χ1v) is 4.70. The van der Waals surface area contributed by atoms with E-state index < -0.39 is 0 Å². The van der Waals surface area contributed by atoms with Crippen LogP contribution in [0.3, 0.4) is 0 Å². The van der Waals surface area contributed by atoms with E-state index in [1.165, 1.54) is 11.3 Å². The van der Waals surface area contributed by atoms with Gasteiger partial charge in [0.05, 0.1) is 11.6 Å². The Balaban J connectivity index is 1.92. The summed E-state index contributed by atoms with van der Waals surface area (Å²) in [4.78, 5) is 15.2. The van der Waals surface area contributed by atoms with Gasteiger partial charge in [0.1, 0.15) is 5.69 Å². The zero-order chi connectivity index (χ0) is 8.39. The first-order chi connectivity index (χ1) is 5.86. The van der Waals surface area contributed by atoms with Crippen molar-refractivity contribution in [3.63, 3.8) is 0 Å². The Bertz CT molecular complexity index is 268. The molecule has 1 amide bonds. The molecule has 64 valence electrons. The van der Waals surface area contributed by atoms with Crippen LogP contribution >= 0.6 is 11.3 Å². The number of thiazole rings is 1. The van der Waals surface area contributed by atoms with Crippen molar-refractivity contribution in [2.24, 2.45) is 0 Å². The predicted octanol–water partition coefficient (Wildman–Crippen LogP) is -0.155. The lowest BCUT2D eigenvalue weighted by Crippen LogP contribution is -2.56. The average Bonchev–Trinajstić information content (AvgIpc) is 2.47. The summed E-state index contributed by atoms with van der Waals surface area (Å²) in [5.41, 5.74) is 2.18. The predicted molar refractivity (Wildman–Crippen MR) is 46.2 cm³/mol. The van der Waals surface area contributed by atoms with Crippen LogP contribution in [-0.4, -0.2) is 30.0 Å². The van der Waals surface area contributed by atoms with Crippen molar-refractivity contribution in [3.8, 4) is 0 Å². The highest BCUT2D eigenvalue weighted by molar-refractivity contribution is 7.07. The van der Waals surface area contributed by atoms with Crippen LogP contribution in [0.2, 0.25) is 0 Å². The Kier molecular flexibility index (Phi) is 2.05. The van der Waals surface area contributed by atoms with Gasteiger partial charge in [0.25, 0.3) is 5.91 Å². The van der Waals surface area contributed by atoms with Crippen molar-refractivity contribution in [3.05, 3.63) is 16.6 Å². The van der Waals surface area contributed by atoms with Crippen LogP contribution in [0.15, 0.2) is 10.9 Å². The molecule has 0 spiro atoms. The van der Waals surface area contributed by atoms with Crippen molar-refractivity contribution in [1.82, 2.24) is 15.6 Å². The Labute approximate surface area is 74.0 Å². The van der Waals surface area contributed by atoms with Gasteiger partial charge in [-0.2, -0.15) is 0 Å². The maximum atomic E-state index is 11.3. The Morgan fingerprint density at radius 3 is 3.08 bits per heavy atom. The van der Waals surface area contributed by atoms with Gasteiger partial charge in [-0.15, -0.1) is 11.3 Å². The Hall–Kier alpha value is -0.940. The van der Waals surface area contributed by atoms with Crippen LogP contribution in [0.4, 0.5) is 0 Å². The molecule has 4 nitrogen and oxygen atoms in total. The molecule has 2 rings (SSSR count). The van der Waals surface area contributed by atoms with E-state index in [0.717, 1.165) is 13.1 Å². The second-order valence-electron chi connectivity index (χ2n) is 2.70. The van der Waals surface area contributed by atoms with Crippen LogP contribution in [0, 0.1) is 0 Å². The molecule has 0 bridgehead atoms. The van der Waals surface area contributed by atoms with Gasteiger partial charge in [0, 0.05) is 18.5 Å². The van der Waals surface area contributed by atoms with Crippen molar-refractivity contribution in [1.29, 1.82) is 0 Å². The molecule has 1 aromatic rings. The fraction of sp³-hybridized carbons (Fsp3) is 0.429. The highest BCUT2D eigenvalue weighted by atomic mass is 32.1. The van der Waals surface area contributed by atoms with Gasteiger partial charge in [-0.05, 0) is 0 Å². The third-order valence-corrected chi connectivity index (χ3v) is 2.37. The average molecular weight is 183 g/mol. The summed E-state index contributed by atoms with van der Waals surface area (Å²) < 4.78 is 0. The Morgan fingerprint density at radius 2 is 2.58 bits per heavy atom. The molecule has 0 saturated carbocycles. The number of aromatic nitrogens is 1. The largest absolute Gasteiger partial charge is 0.345 e. The highest BCUT2D eigenvalue weighted by Gasteiger charge is 2.19. The van der Waals surface area contributed by atoms with Crippen molar-refractivity contribution in [2.75, 3.05) is 13.1 Å². The number of nitrogens with one attached hydrogen (secondary N) is 2. The second kappa shape index (κ2) is 3.20. The molecule has 1 aliphatic heterocycles. The number of hydrogen-bond donors (Lipinski definition) is 2. The van der Waals surface area contributed by atoms with Crippen molar-refractivity contribution in [2.45, 2.75) is 6.04 Å². The van der Waals surface area contributed by atoms with E-state index in [4.69, 9.17) is 0 Å². The molecule has 1 saturated heterocycles. The molecule has 1 aliphatic rings. The van der Waals surface area contributed by atoms with Crippen molar-refractivity contribution >= 4 is 17.2 Å². The third kappa shape index (κ3) is 1.46. The molecule has 0 atom stereocenters. The molecule has 0 radical (unpaired) electrons. The summed E-state index contributed by atoms with van der Waals surface area (Å²) in [6.45, 7) is 1.74. The monoisotopic (exact) mass is 183 g/mol. The van der Waals surface area contributed by atoms with Crippen LogP contribution in [-0.2, 0) is 0 Å². The van der Waals surface area contributed by atoms with E-state index in [2.05, 4.69) is 15.6 Å². The standard InChI is InChI=1S/C7H9N3OS/c11-7(6-3-12-4-9-6)10-5-1-8-2-5/h3-5,8H,1-2H2,(H,10,11). The van der Waals surface area contributed by atoms with Crippen LogP contribution in [0.5, 0.6) is 0 Å². The van der Waals surface area contributed by atoms with Gasteiger partial charge < -0.3 is 10.6 Å². The molecule has 1 fully saturated rings. The molecule has 0 aliphatic carbocycles. The van der Waals surface area contributed by atoms with Crippen molar-refractivity contribution < 1.29 is 4.79 Å². The first-order valence-electron chi connectivity index (χ1n) is 3.76. The van der Waals surface area contributed by atoms with E-state index in [1.807, 2.05) is 0 Å². The topological polar surface area (TPSA) is 54.0 Å². The molecular formula is C7H9N3OS. The third-order valence-electron chi connectivity index (χ3n) is 1.78. The fourth-order valence-corrected chi connectivity index (χ4v) is 1.51. The van der Waals surface area contributed by atoms with E-state index in [-0.39, 0.29) is 5.91 Å². The summed E-state index contributed by atoms with van der Waals surface area (Å²) in [5.74, 6) is -0.0669. The summed E-state index contributed by atoms with van der Waals surface area (Å²) >= 11 is 1.43. The normalized spacial score (nSPS) is 17.0. The minimum atomic E-state index is -0.0669. The molecular weight excluding hydrogens is 174 g/mol. The number of amides is 1. The quantitative estimate of drug-likeness (QED) is 0.670. The van der Waals surface area contributed by atoms with E-state index in [0.29, 0.717) is 11.7 Å². The number of carbonyl (C=O) groups is 1. The molecule has 2 heterocycles. The number of nitrogens with zero attached hydrogens (tertiary/aromatic N) is 1. The summed E-state index contributed by atoms with van der Waals surface area (Å²) in [5, 5.41) is 7.69. The molecule has 0 aromatic carbocycles. The summed E-state index contributed by atoms with van der Waals surface area (Å²) in [6, 6.07) is 0.291. The zero-order valence-corrected chi connectivity index (χ0v) is 7.23. The first kappa shape index (κ1) is 7.70. The smallest absolute Gasteiger partial charge is 0.271 e. The maximum Gasteiger partial charge on any atom is 0.271 e. The summed E-state index contributed by atoms with van der Waals surface area (Å²) in [6.07, 6.45) is 0. The van der Waals surface area contributed by atoms with Gasteiger partial charge in [-0.1, -0.05) is 0 Å². The SMILES string of the molecule is O=C(NC1CNC1)c1cscn1. The van der Waals surface area contributed by atoms with E-state index in [1.54, 1.807) is 10.9 Å². The summed E-state index contributed by atoms with van der Waals surface area (Å²) in [7, 11) is 0. The molecule has 1 aromatic heterocycles. The molecule has 2 N–H and O–H groups in total. The number of carbonyl (C=O) groups excluding carboxylic acids is 1. The minimum Gasteiger partial charge on any atom is -0.345 e. The van der Waals surface area contributed by atoms with Gasteiger partial charge in [0.2, 0.25) is 0 Å². The van der Waals surface area contributed by atoms with Crippen LogP contribution < -0.4 is 10.6 Å². The molecule has 5 heteroatoms. The van der Waals surface area contributed by atoms with E-state index in [9.17, 15) is 4.79 Å². The lowest BCUT2D eigenvalue weighted by atomic mass is 10.2. The van der Waals surface area contributed by atoms with Gasteiger partial charge in [-0.25, -0.2) is 4.98 Å². The van der Waals surface area contributed by atoms with Gasteiger partial charge in [-0.3, -0.25) is 4.79 Å². The fourth-order valence-electron chi connectivity index (χ4n) is 0.975. The maximum absolute atomic E-state index is 11.3. The van der Waals surface area contributed by atoms with Gasteiger partial charge in [0.15, 0.2) is 0 Å². The Morgan fingerprint density at radius 1 is 1.75 bits per heavy atom. The second-order valence-corrected chi connectivity index (χ2v) is 3.42.